The van der Waals surface area contributed by atoms with Gasteiger partial charge in [0.15, 0.2) is 0 Å². The van der Waals surface area contributed by atoms with Crippen molar-refractivity contribution in [3.63, 3.8) is 0 Å². The summed E-state index contributed by atoms with van der Waals surface area (Å²) in [6.45, 7) is 5.94. The Kier molecular flexibility index (Phi) is 5.30. The maximum absolute atomic E-state index is 13.1. The molecule has 0 aliphatic rings. The van der Waals surface area contributed by atoms with Crippen LogP contribution in [-0.2, 0) is 11.5 Å². The van der Waals surface area contributed by atoms with Gasteiger partial charge in [-0.2, -0.15) is 13.2 Å². The van der Waals surface area contributed by atoms with Gasteiger partial charge in [-0.05, 0) is 30.5 Å². The van der Waals surface area contributed by atoms with Crippen LogP contribution in [0.5, 0.6) is 0 Å². The van der Waals surface area contributed by atoms with Crippen LogP contribution in [0.1, 0.15) is 31.9 Å². The molecule has 0 N–H and O–H groups in total. The molecule has 0 spiro atoms. The Morgan fingerprint density at radius 3 is 2.21 bits per heavy atom. The van der Waals surface area contributed by atoms with E-state index in [2.05, 4.69) is 15.9 Å². The first-order valence-corrected chi connectivity index (χ1v) is 7.29. The Morgan fingerprint density at radius 2 is 1.79 bits per heavy atom. The summed E-state index contributed by atoms with van der Waals surface area (Å²) in [5, 5.41) is 0.416. The first kappa shape index (κ1) is 16.3. The minimum absolute atomic E-state index is 0.0379. The van der Waals surface area contributed by atoms with Crippen molar-refractivity contribution in [2.45, 2.75) is 38.3 Å². The van der Waals surface area contributed by atoms with Crippen LogP contribution in [0.2, 0.25) is 0 Å². The maximum atomic E-state index is 13.1. The molecule has 0 heterocycles. The SMILES string of the molecule is CC(C)C(C)N(C)c1ccc(CBr)cc1C(F)(F)F. The highest BCUT2D eigenvalue weighted by atomic mass is 79.9. The average Bonchev–Trinajstić information content (AvgIpc) is 2.35. The molecule has 0 bridgehead atoms. The van der Waals surface area contributed by atoms with E-state index in [1.54, 1.807) is 24.1 Å². The maximum Gasteiger partial charge on any atom is 0.418 e. The molecule has 1 nitrogen and oxygen atoms in total. The summed E-state index contributed by atoms with van der Waals surface area (Å²) >= 11 is 3.19. The molecular weight excluding hydrogens is 319 g/mol. The van der Waals surface area contributed by atoms with Crippen molar-refractivity contribution in [1.82, 2.24) is 0 Å². The quantitative estimate of drug-likeness (QED) is 0.692. The molecule has 1 unspecified atom stereocenters. The molecule has 0 aromatic heterocycles. The fraction of sp³-hybridized carbons (Fsp3) is 0.571. The standard InChI is InChI=1S/C14H19BrF3N/c1-9(2)10(3)19(4)13-6-5-11(8-15)7-12(13)14(16,17)18/h5-7,9-10H,8H2,1-4H3. The van der Waals surface area contributed by atoms with E-state index in [1.165, 1.54) is 6.07 Å². The lowest BCUT2D eigenvalue weighted by Gasteiger charge is -2.32. The molecule has 19 heavy (non-hydrogen) atoms. The summed E-state index contributed by atoms with van der Waals surface area (Å²) in [5.41, 5.74) is 0.291. The Labute approximate surface area is 120 Å². The molecule has 0 saturated heterocycles. The van der Waals surface area contributed by atoms with Gasteiger partial charge < -0.3 is 4.90 Å². The van der Waals surface area contributed by atoms with E-state index < -0.39 is 11.7 Å². The molecule has 0 fully saturated rings. The zero-order chi connectivity index (χ0) is 14.8. The molecule has 0 aliphatic heterocycles. The molecule has 0 aliphatic carbocycles. The van der Waals surface area contributed by atoms with Gasteiger partial charge in [-0.3, -0.25) is 0 Å². The second-order valence-electron chi connectivity index (χ2n) is 5.08. The average molecular weight is 338 g/mol. The van der Waals surface area contributed by atoms with Gasteiger partial charge in [-0.15, -0.1) is 0 Å². The summed E-state index contributed by atoms with van der Waals surface area (Å²) in [6.07, 6.45) is -4.33. The van der Waals surface area contributed by atoms with Gasteiger partial charge in [0.1, 0.15) is 0 Å². The van der Waals surface area contributed by atoms with Gasteiger partial charge in [0.25, 0.3) is 0 Å². The number of halogens is 4. The highest BCUT2D eigenvalue weighted by Gasteiger charge is 2.35. The summed E-state index contributed by atoms with van der Waals surface area (Å²) in [5.74, 6) is 0.280. The van der Waals surface area contributed by atoms with Crippen LogP contribution in [0.15, 0.2) is 18.2 Å². The van der Waals surface area contributed by atoms with Gasteiger partial charge in [0.05, 0.1) is 5.56 Å². The van der Waals surface area contributed by atoms with E-state index in [0.29, 0.717) is 10.9 Å². The summed E-state index contributed by atoms with van der Waals surface area (Å²) < 4.78 is 39.4. The fourth-order valence-electron chi connectivity index (χ4n) is 1.87. The number of hydrogen-bond donors (Lipinski definition) is 0. The van der Waals surface area contributed by atoms with Crippen LogP contribution in [0.4, 0.5) is 18.9 Å². The summed E-state index contributed by atoms with van der Waals surface area (Å²) in [4.78, 5) is 1.70. The third kappa shape index (κ3) is 3.88. The summed E-state index contributed by atoms with van der Waals surface area (Å²) in [7, 11) is 1.71. The first-order valence-electron chi connectivity index (χ1n) is 6.17. The Balaban J connectivity index is 3.27. The van der Waals surface area contributed by atoms with Crippen molar-refractivity contribution in [2.24, 2.45) is 5.92 Å². The lowest BCUT2D eigenvalue weighted by atomic mass is 10.0. The van der Waals surface area contributed by atoms with E-state index in [-0.39, 0.29) is 17.6 Å². The number of alkyl halides is 4. The first-order chi connectivity index (χ1) is 8.68. The van der Waals surface area contributed by atoms with Crippen LogP contribution in [0.25, 0.3) is 0 Å². The third-order valence-electron chi connectivity index (χ3n) is 3.48. The predicted molar refractivity (Wildman–Crippen MR) is 76.8 cm³/mol. The molecule has 1 aromatic carbocycles. The molecular formula is C14H19BrF3N. The molecule has 1 atom stereocenters. The van der Waals surface area contributed by atoms with E-state index in [0.717, 1.165) is 0 Å². The minimum Gasteiger partial charge on any atom is -0.371 e. The van der Waals surface area contributed by atoms with Crippen LogP contribution >= 0.6 is 15.9 Å². The Bertz CT molecular complexity index is 429. The van der Waals surface area contributed by atoms with Crippen LogP contribution in [-0.4, -0.2) is 13.1 Å². The fourth-order valence-corrected chi connectivity index (χ4v) is 2.22. The van der Waals surface area contributed by atoms with Gasteiger partial charge in [0.2, 0.25) is 0 Å². The zero-order valence-electron chi connectivity index (χ0n) is 11.6. The lowest BCUT2D eigenvalue weighted by Crippen LogP contribution is -2.34. The highest BCUT2D eigenvalue weighted by molar-refractivity contribution is 9.08. The molecule has 0 saturated carbocycles. The van der Waals surface area contributed by atoms with E-state index >= 15 is 0 Å². The molecule has 5 heteroatoms. The van der Waals surface area contributed by atoms with E-state index in [1.807, 2.05) is 20.8 Å². The number of anilines is 1. The summed E-state index contributed by atoms with van der Waals surface area (Å²) in [6, 6.07) is 4.53. The Hall–Kier alpha value is -0.710. The molecule has 0 radical (unpaired) electrons. The van der Waals surface area contributed by atoms with Gasteiger partial charge in [0, 0.05) is 24.1 Å². The van der Waals surface area contributed by atoms with Crippen LogP contribution in [0.3, 0.4) is 0 Å². The molecule has 1 rings (SSSR count). The van der Waals surface area contributed by atoms with Crippen molar-refractivity contribution in [2.75, 3.05) is 11.9 Å². The molecule has 108 valence electrons. The Morgan fingerprint density at radius 1 is 1.21 bits per heavy atom. The van der Waals surface area contributed by atoms with E-state index in [9.17, 15) is 13.2 Å². The minimum atomic E-state index is -4.33. The van der Waals surface area contributed by atoms with Gasteiger partial charge in [-0.1, -0.05) is 35.8 Å². The van der Waals surface area contributed by atoms with Crippen molar-refractivity contribution in [1.29, 1.82) is 0 Å². The number of nitrogens with zero attached hydrogens (tertiary/aromatic N) is 1. The van der Waals surface area contributed by atoms with Crippen LogP contribution in [0, 0.1) is 5.92 Å². The van der Waals surface area contributed by atoms with Crippen molar-refractivity contribution in [3.8, 4) is 0 Å². The molecule has 0 amide bonds. The second kappa shape index (κ2) is 6.16. The largest absolute Gasteiger partial charge is 0.418 e. The zero-order valence-corrected chi connectivity index (χ0v) is 13.1. The number of rotatable bonds is 4. The smallest absolute Gasteiger partial charge is 0.371 e. The number of benzene rings is 1. The van der Waals surface area contributed by atoms with Crippen molar-refractivity contribution < 1.29 is 13.2 Å². The number of hydrogen-bond acceptors (Lipinski definition) is 1. The van der Waals surface area contributed by atoms with Crippen molar-refractivity contribution in [3.05, 3.63) is 29.3 Å². The highest BCUT2D eigenvalue weighted by Crippen LogP contribution is 2.38. The monoisotopic (exact) mass is 337 g/mol. The molecule has 1 aromatic rings. The lowest BCUT2D eigenvalue weighted by molar-refractivity contribution is -0.137. The topological polar surface area (TPSA) is 3.24 Å². The van der Waals surface area contributed by atoms with Gasteiger partial charge >= 0.3 is 6.18 Å². The van der Waals surface area contributed by atoms with Crippen LogP contribution < -0.4 is 4.90 Å². The second-order valence-corrected chi connectivity index (χ2v) is 5.64. The van der Waals surface area contributed by atoms with Gasteiger partial charge in [-0.25, -0.2) is 0 Å². The third-order valence-corrected chi connectivity index (χ3v) is 4.12. The predicted octanol–water partition coefficient (Wildman–Crippen LogP) is 5.08. The van der Waals surface area contributed by atoms with E-state index in [4.69, 9.17) is 0 Å². The normalized spacial score (nSPS) is 13.7. The van der Waals surface area contributed by atoms with Crippen molar-refractivity contribution >= 4 is 21.6 Å².